The maximum absolute atomic E-state index is 13.3. The minimum absolute atomic E-state index is 0.0946. The maximum atomic E-state index is 13.3. The molecule has 0 unspecified atom stereocenters. The third kappa shape index (κ3) is 3.11. The summed E-state index contributed by atoms with van der Waals surface area (Å²) >= 11 is 0. The lowest BCUT2D eigenvalue weighted by molar-refractivity contribution is 0.419. The van der Waals surface area contributed by atoms with Crippen LogP contribution in [-0.4, -0.2) is 8.42 Å². The summed E-state index contributed by atoms with van der Waals surface area (Å²) < 4.78 is 66.2. The van der Waals surface area contributed by atoms with Gasteiger partial charge in [0, 0.05) is 12.1 Å². The second kappa shape index (κ2) is 5.17. The third-order valence-electron chi connectivity index (χ3n) is 2.36. The normalized spacial score (nSPS) is 11.6. The van der Waals surface area contributed by atoms with Crippen molar-refractivity contribution in [3.63, 3.8) is 0 Å². The van der Waals surface area contributed by atoms with E-state index in [1.165, 1.54) is 6.07 Å². The summed E-state index contributed by atoms with van der Waals surface area (Å²) in [6.45, 7) is -0.199. The molecule has 1 aromatic heterocycles. The van der Waals surface area contributed by atoms with Crippen molar-refractivity contribution in [1.29, 1.82) is 0 Å². The molecular formula is C11H9F3N2O3S. The van der Waals surface area contributed by atoms with Crippen LogP contribution >= 0.6 is 0 Å². The number of hydrogen-bond acceptors (Lipinski definition) is 4. The summed E-state index contributed by atoms with van der Waals surface area (Å²) in [6, 6.07) is 3.43. The molecular weight excluding hydrogens is 297 g/mol. The van der Waals surface area contributed by atoms with Crippen LogP contribution in [0.25, 0.3) is 0 Å². The lowest BCUT2D eigenvalue weighted by Crippen LogP contribution is -2.11. The van der Waals surface area contributed by atoms with Gasteiger partial charge in [-0.3, -0.25) is 0 Å². The minimum Gasteiger partial charge on any atom is -0.446 e. The SMILES string of the molecule is NS(=O)(=O)c1ccc(CNc2c(F)cc(F)cc2F)o1. The number of furan rings is 1. The van der Waals surface area contributed by atoms with Crippen LogP contribution in [0.5, 0.6) is 0 Å². The van der Waals surface area contributed by atoms with E-state index in [0.29, 0.717) is 12.1 Å². The third-order valence-corrected chi connectivity index (χ3v) is 3.14. The highest BCUT2D eigenvalue weighted by Crippen LogP contribution is 2.21. The standard InChI is InChI=1S/C11H9F3N2O3S/c12-6-3-8(13)11(9(14)4-6)16-5-7-1-2-10(19-7)20(15,17)18/h1-4,16H,5H2,(H2,15,17,18). The van der Waals surface area contributed by atoms with Gasteiger partial charge in [-0.2, -0.15) is 0 Å². The Morgan fingerprint density at radius 1 is 1.15 bits per heavy atom. The van der Waals surface area contributed by atoms with E-state index in [2.05, 4.69) is 5.32 Å². The fourth-order valence-electron chi connectivity index (χ4n) is 1.49. The number of rotatable bonds is 4. The number of sulfonamides is 1. The van der Waals surface area contributed by atoms with Gasteiger partial charge in [0.05, 0.1) is 6.54 Å². The molecule has 0 aliphatic carbocycles. The molecule has 0 radical (unpaired) electrons. The Kier molecular flexibility index (Phi) is 3.73. The van der Waals surface area contributed by atoms with E-state index in [4.69, 9.17) is 9.56 Å². The zero-order chi connectivity index (χ0) is 14.9. The molecule has 9 heteroatoms. The summed E-state index contributed by atoms with van der Waals surface area (Å²) in [5.41, 5.74) is -0.542. The number of hydrogen-bond donors (Lipinski definition) is 2. The molecule has 20 heavy (non-hydrogen) atoms. The monoisotopic (exact) mass is 306 g/mol. The summed E-state index contributed by atoms with van der Waals surface area (Å²) in [5.74, 6) is -3.17. The molecule has 0 bridgehead atoms. The predicted molar refractivity (Wildman–Crippen MR) is 63.7 cm³/mol. The molecule has 1 aromatic carbocycles. The Morgan fingerprint density at radius 2 is 1.75 bits per heavy atom. The Hall–Kier alpha value is -2.00. The quantitative estimate of drug-likeness (QED) is 0.904. The Balaban J connectivity index is 2.16. The first-order valence-electron chi connectivity index (χ1n) is 5.27. The van der Waals surface area contributed by atoms with Gasteiger partial charge in [0.15, 0.2) is 11.6 Å². The zero-order valence-electron chi connectivity index (χ0n) is 9.86. The lowest BCUT2D eigenvalue weighted by atomic mass is 10.2. The van der Waals surface area contributed by atoms with Crippen LogP contribution in [0.15, 0.2) is 33.8 Å². The Bertz CT molecular complexity index is 720. The molecule has 3 N–H and O–H groups in total. The number of nitrogens with one attached hydrogen (secondary N) is 1. The second-order valence-electron chi connectivity index (χ2n) is 3.86. The summed E-state index contributed by atoms with van der Waals surface area (Å²) in [4.78, 5) is 0. The molecule has 0 aliphatic rings. The summed E-state index contributed by atoms with van der Waals surface area (Å²) in [5, 5.41) is 6.72. The summed E-state index contributed by atoms with van der Waals surface area (Å²) in [6.07, 6.45) is 0. The highest BCUT2D eigenvalue weighted by molar-refractivity contribution is 7.89. The van der Waals surface area contributed by atoms with Gasteiger partial charge < -0.3 is 9.73 Å². The van der Waals surface area contributed by atoms with Crippen molar-refractivity contribution >= 4 is 15.7 Å². The van der Waals surface area contributed by atoms with Crippen LogP contribution in [0.1, 0.15) is 5.76 Å². The minimum atomic E-state index is -3.98. The van der Waals surface area contributed by atoms with Crippen molar-refractivity contribution in [2.24, 2.45) is 5.14 Å². The maximum Gasteiger partial charge on any atom is 0.271 e. The van der Waals surface area contributed by atoms with Gasteiger partial charge in [0.25, 0.3) is 10.0 Å². The van der Waals surface area contributed by atoms with Gasteiger partial charge in [-0.05, 0) is 12.1 Å². The van der Waals surface area contributed by atoms with Crippen LogP contribution < -0.4 is 10.5 Å². The first-order chi connectivity index (χ1) is 9.27. The van der Waals surface area contributed by atoms with Crippen molar-refractivity contribution < 1.29 is 26.0 Å². The number of nitrogens with two attached hydrogens (primary N) is 1. The van der Waals surface area contributed by atoms with Gasteiger partial charge in [0.1, 0.15) is 17.3 Å². The van der Waals surface area contributed by atoms with Crippen molar-refractivity contribution in [1.82, 2.24) is 0 Å². The molecule has 108 valence electrons. The van der Waals surface area contributed by atoms with Crippen molar-refractivity contribution in [3.8, 4) is 0 Å². The smallest absolute Gasteiger partial charge is 0.271 e. The highest BCUT2D eigenvalue weighted by atomic mass is 32.2. The van der Waals surface area contributed by atoms with Crippen molar-refractivity contribution in [3.05, 3.63) is 47.5 Å². The molecule has 0 saturated carbocycles. The van der Waals surface area contributed by atoms with Crippen LogP contribution in [0, 0.1) is 17.5 Å². The first kappa shape index (κ1) is 14.4. The molecule has 2 aromatic rings. The predicted octanol–water partition coefficient (Wildman–Crippen LogP) is 1.96. The summed E-state index contributed by atoms with van der Waals surface area (Å²) in [7, 11) is -3.98. The van der Waals surface area contributed by atoms with Gasteiger partial charge in [-0.1, -0.05) is 0 Å². The average Bonchev–Trinajstić information content (AvgIpc) is 2.75. The van der Waals surface area contributed by atoms with Crippen molar-refractivity contribution in [2.45, 2.75) is 11.6 Å². The molecule has 0 spiro atoms. The van der Waals surface area contributed by atoms with Gasteiger partial charge in [-0.25, -0.2) is 26.7 Å². The number of primary sulfonamides is 1. The molecule has 5 nitrogen and oxygen atoms in total. The molecule has 0 fully saturated rings. The Morgan fingerprint density at radius 3 is 2.25 bits per heavy atom. The van der Waals surface area contributed by atoms with Gasteiger partial charge >= 0.3 is 0 Å². The number of anilines is 1. The van der Waals surface area contributed by atoms with E-state index in [0.717, 1.165) is 6.07 Å². The van der Waals surface area contributed by atoms with E-state index < -0.39 is 38.3 Å². The lowest BCUT2D eigenvalue weighted by Gasteiger charge is -2.07. The van der Waals surface area contributed by atoms with Crippen LogP contribution in [0.3, 0.4) is 0 Å². The first-order valence-corrected chi connectivity index (χ1v) is 6.82. The van der Waals surface area contributed by atoms with Crippen LogP contribution in [0.2, 0.25) is 0 Å². The zero-order valence-corrected chi connectivity index (χ0v) is 10.7. The molecule has 0 saturated heterocycles. The van der Waals surface area contributed by atoms with E-state index >= 15 is 0 Å². The molecule has 0 atom stereocenters. The highest BCUT2D eigenvalue weighted by Gasteiger charge is 2.15. The van der Waals surface area contributed by atoms with E-state index in [-0.39, 0.29) is 12.3 Å². The fraction of sp³-hybridized carbons (Fsp3) is 0.0909. The second-order valence-corrected chi connectivity index (χ2v) is 5.36. The molecule has 1 heterocycles. The largest absolute Gasteiger partial charge is 0.446 e. The topological polar surface area (TPSA) is 85.3 Å². The molecule has 0 aliphatic heterocycles. The number of benzene rings is 1. The van der Waals surface area contributed by atoms with Crippen LogP contribution in [-0.2, 0) is 16.6 Å². The van der Waals surface area contributed by atoms with Crippen LogP contribution in [0.4, 0.5) is 18.9 Å². The Labute approximate surface area is 112 Å². The molecule has 2 rings (SSSR count). The van der Waals surface area contributed by atoms with Crippen molar-refractivity contribution in [2.75, 3.05) is 5.32 Å². The van der Waals surface area contributed by atoms with E-state index in [9.17, 15) is 21.6 Å². The molecule has 0 amide bonds. The van der Waals surface area contributed by atoms with Gasteiger partial charge in [-0.15, -0.1) is 0 Å². The van der Waals surface area contributed by atoms with E-state index in [1.807, 2.05) is 0 Å². The fourth-order valence-corrected chi connectivity index (χ4v) is 1.97. The average molecular weight is 306 g/mol. The van der Waals surface area contributed by atoms with Gasteiger partial charge in [0.2, 0.25) is 5.09 Å². The van der Waals surface area contributed by atoms with E-state index in [1.54, 1.807) is 0 Å². The number of halogens is 3.